The van der Waals surface area contributed by atoms with E-state index in [4.69, 9.17) is 0 Å². The molecule has 3 heteroatoms. The molecular weight excluding hydrogens is 236 g/mol. The highest BCUT2D eigenvalue weighted by Crippen LogP contribution is 2.08. The fraction of sp³-hybridized carbons (Fsp3) is 0.625. The molecular formula is C16H26N2O. The molecule has 106 valence electrons. The molecule has 0 saturated carbocycles. The Bertz CT molecular complexity index is 341. The van der Waals surface area contributed by atoms with Crippen LogP contribution in [0.25, 0.3) is 0 Å². The molecule has 0 aliphatic rings. The summed E-state index contributed by atoms with van der Waals surface area (Å²) in [6, 6.07) is 3.67. The molecule has 0 fully saturated rings. The van der Waals surface area contributed by atoms with E-state index in [1.807, 2.05) is 17.0 Å². The molecule has 0 aliphatic carbocycles. The molecule has 1 heterocycles. The Morgan fingerprint density at radius 2 is 1.74 bits per heavy atom. The second-order valence-electron chi connectivity index (χ2n) is 4.95. The highest BCUT2D eigenvalue weighted by atomic mass is 16.2. The minimum Gasteiger partial charge on any atom is -0.339 e. The van der Waals surface area contributed by atoms with Gasteiger partial charge in [-0.2, -0.15) is 0 Å². The zero-order valence-electron chi connectivity index (χ0n) is 12.3. The first-order chi connectivity index (χ1) is 9.29. The summed E-state index contributed by atoms with van der Waals surface area (Å²) < 4.78 is 0. The van der Waals surface area contributed by atoms with Crippen molar-refractivity contribution < 1.29 is 4.79 Å². The highest BCUT2D eigenvalue weighted by molar-refractivity contribution is 5.93. The highest BCUT2D eigenvalue weighted by Gasteiger charge is 2.14. The van der Waals surface area contributed by atoms with Crippen LogP contribution in [-0.2, 0) is 0 Å². The van der Waals surface area contributed by atoms with Crippen molar-refractivity contribution in [2.24, 2.45) is 0 Å². The maximum Gasteiger partial charge on any atom is 0.255 e. The van der Waals surface area contributed by atoms with Gasteiger partial charge in [0, 0.05) is 25.5 Å². The lowest BCUT2D eigenvalue weighted by Gasteiger charge is -2.22. The predicted molar refractivity (Wildman–Crippen MR) is 79.2 cm³/mol. The molecule has 1 rings (SSSR count). The molecule has 0 atom stereocenters. The summed E-state index contributed by atoms with van der Waals surface area (Å²) in [6.07, 6.45) is 10.3. The van der Waals surface area contributed by atoms with E-state index < -0.39 is 0 Å². The van der Waals surface area contributed by atoms with E-state index in [1.165, 1.54) is 25.7 Å². The molecule has 19 heavy (non-hydrogen) atoms. The number of unbranched alkanes of at least 4 members (excludes halogenated alkanes) is 4. The second-order valence-corrected chi connectivity index (χ2v) is 4.95. The molecule has 0 N–H and O–H groups in total. The Kier molecular flexibility index (Phi) is 7.87. The third-order valence-electron chi connectivity index (χ3n) is 3.26. The maximum atomic E-state index is 12.4. The van der Waals surface area contributed by atoms with E-state index in [9.17, 15) is 4.79 Å². The Labute approximate surface area is 117 Å². The van der Waals surface area contributed by atoms with E-state index in [0.717, 1.165) is 25.9 Å². The lowest BCUT2D eigenvalue weighted by Crippen LogP contribution is -2.33. The molecule has 0 spiro atoms. The van der Waals surface area contributed by atoms with Crippen molar-refractivity contribution in [2.75, 3.05) is 13.1 Å². The van der Waals surface area contributed by atoms with Gasteiger partial charge in [-0.25, -0.2) is 0 Å². The van der Waals surface area contributed by atoms with Crippen molar-refractivity contribution in [3.8, 4) is 0 Å². The molecule has 1 aromatic heterocycles. The van der Waals surface area contributed by atoms with E-state index in [0.29, 0.717) is 5.56 Å². The van der Waals surface area contributed by atoms with E-state index in [1.54, 1.807) is 12.4 Å². The van der Waals surface area contributed by atoms with Crippen LogP contribution in [0.15, 0.2) is 24.5 Å². The van der Waals surface area contributed by atoms with Gasteiger partial charge >= 0.3 is 0 Å². The Morgan fingerprint density at radius 1 is 1.11 bits per heavy atom. The summed E-state index contributed by atoms with van der Waals surface area (Å²) in [4.78, 5) is 18.4. The van der Waals surface area contributed by atoms with Crippen molar-refractivity contribution in [1.82, 2.24) is 9.88 Å². The Balaban J connectivity index is 2.57. The molecule has 1 aromatic rings. The summed E-state index contributed by atoms with van der Waals surface area (Å²) in [5.74, 6) is 0.125. The van der Waals surface area contributed by atoms with Gasteiger partial charge in [0.2, 0.25) is 0 Å². The topological polar surface area (TPSA) is 33.2 Å². The lowest BCUT2D eigenvalue weighted by molar-refractivity contribution is 0.0749. The van der Waals surface area contributed by atoms with Gasteiger partial charge in [0.15, 0.2) is 0 Å². The van der Waals surface area contributed by atoms with Crippen molar-refractivity contribution in [1.29, 1.82) is 0 Å². The summed E-state index contributed by atoms with van der Waals surface area (Å²) in [6.45, 7) is 6.10. The third kappa shape index (κ3) is 5.86. The molecule has 3 nitrogen and oxygen atoms in total. The summed E-state index contributed by atoms with van der Waals surface area (Å²) >= 11 is 0. The smallest absolute Gasteiger partial charge is 0.255 e. The lowest BCUT2D eigenvalue weighted by atomic mass is 10.2. The monoisotopic (exact) mass is 262 g/mol. The average molecular weight is 262 g/mol. The number of rotatable bonds is 9. The maximum absolute atomic E-state index is 12.4. The number of nitrogens with zero attached hydrogens (tertiary/aromatic N) is 2. The van der Waals surface area contributed by atoms with Crippen LogP contribution in [0.1, 0.15) is 62.7 Å². The second kappa shape index (κ2) is 9.54. The zero-order chi connectivity index (χ0) is 13.9. The molecule has 0 aliphatic heterocycles. The van der Waals surface area contributed by atoms with E-state index >= 15 is 0 Å². The quantitative estimate of drug-likeness (QED) is 0.632. The van der Waals surface area contributed by atoms with Gasteiger partial charge in [-0.3, -0.25) is 9.78 Å². The fourth-order valence-electron chi connectivity index (χ4n) is 2.09. The van der Waals surface area contributed by atoms with Gasteiger partial charge in [-0.15, -0.1) is 0 Å². The van der Waals surface area contributed by atoms with Gasteiger partial charge in [-0.1, -0.05) is 39.5 Å². The van der Waals surface area contributed by atoms with Gasteiger partial charge in [0.05, 0.1) is 5.56 Å². The first-order valence-electron chi connectivity index (χ1n) is 7.48. The van der Waals surface area contributed by atoms with E-state index in [-0.39, 0.29) is 5.91 Å². The van der Waals surface area contributed by atoms with Gasteiger partial charge in [0.1, 0.15) is 0 Å². The standard InChI is InChI=1S/C16H26N2O/c1-3-5-7-12-18(13-8-6-4-2)16(19)15-10-9-11-17-14-15/h9-11,14H,3-8,12-13H2,1-2H3. The van der Waals surface area contributed by atoms with Crippen LogP contribution in [0.2, 0.25) is 0 Å². The van der Waals surface area contributed by atoms with Crippen LogP contribution in [0.4, 0.5) is 0 Å². The number of aromatic nitrogens is 1. The van der Waals surface area contributed by atoms with Crippen LogP contribution in [0.3, 0.4) is 0 Å². The SMILES string of the molecule is CCCCCN(CCCCC)C(=O)c1cccnc1. The molecule has 0 radical (unpaired) electrons. The van der Waals surface area contributed by atoms with Crippen molar-refractivity contribution in [3.63, 3.8) is 0 Å². The minimum atomic E-state index is 0.125. The minimum absolute atomic E-state index is 0.125. The average Bonchev–Trinajstić information content (AvgIpc) is 2.46. The zero-order valence-corrected chi connectivity index (χ0v) is 12.3. The van der Waals surface area contributed by atoms with Crippen LogP contribution < -0.4 is 0 Å². The molecule has 0 unspecified atom stereocenters. The van der Waals surface area contributed by atoms with Crippen LogP contribution >= 0.6 is 0 Å². The predicted octanol–water partition coefficient (Wildman–Crippen LogP) is 3.90. The Morgan fingerprint density at radius 3 is 2.21 bits per heavy atom. The summed E-state index contributed by atoms with van der Waals surface area (Å²) in [5, 5.41) is 0. The van der Waals surface area contributed by atoms with Gasteiger partial charge in [0.25, 0.3) is 5.91 Å². The molecule has 1 amide bonds. The normalized spacial score (nSPS) is 10.4. The number of carbonyl (C=O) groups is 1. The van der Waals surface area contributed by atoms with Crippen molar-refractivity contribution in [2.45, 2.75) is 52.4 Å². The third-order valence-corrected chi connectivity index (χ3v) is 3.26. The van der Waals surface area contributed by atoms with Crippen molar-refractivity contribution in [3.05, 3.63) is 30.1 Å². The summed E-state index contributed by atoms with van der Waals surface area (Å²) in [5.41, 5.74) is 0.704. The molecule has 0 bridgehead atoms. The van der Waals surface area contributed by atoms with Gasteiger partial charge < -0.3 is 4.90 Å². The Hall–Kier alpha value is -1.38. The van der Waals surface area contributed by atoms with Crippen LogP contribution in [0, 0.1) is 0 Å². The van der Waals surface area contributed by atoms with Gasteiger partial charge in [-0.05, 0) is 25.0 Å². The number of carbonyl (C=O) groups excluding carboxylic acids is 1. The number of hydrogen-bond acceptors (Lipinski definition) is 2. The first kappa shape index (κ1) is 15.7. The van der Waals surface area contributed by atoms with Crippen molar-refractivity contribution >= 4 is 5.91 Å². The summed E-state index contributed by atoms with van der Waals surface area (Å²) in [7, 11) is 0. The molecule has 0 saturated heterocycles. The van der Waals surface area contributed by atoms with E-state index in [2.05, 4.69) is 18.8 Å². The number of amides is 1. The number of hydrogen-bond donors (Lipinski definition) is 0. The van der Waals surface area contributed by atoms with Crippen LogP contribution in [0.5, 0.6) is 0 Å². The number of pyridine rings is 1. The molecule has 0 aromatic carbocycles. The largest absolute Gasteiger partial charge is 0.339 e. The first-order valence-corrected chi connectivity index (χ1v) is 7.48. The van der Waals surface area contributed by atoms with Crippen LogP contribution in [-0.4, -0.2) is 28.9 Å². The fourth-order valence-corrected chi connectivity index (χ4v) is 2.09.